The van der Waals surface area contributed by atoms with Gasteiger partial charge < -0.3 is 4.90 Å². The summed E-state index contributed by atoms with van der Waals surface area (Å²) in [6.45, 7) is 2.07. The number of rotatable bonds is 3. The molecule has 20 heavy (non-hydrogen) atoms. The van der Waals surface area contributed by atoms with Crippen molar-refractivity contribution in [2.75, 3.05) is 18.0 Å². The number of hydrogen-bond donors (Lipinski definition) is 0. The molecule has 1 saturated heterocycles. The van der Waals surface area contributed by atoms with Gasteiger partial charge in [0.2, 0.25) is 0 Å². The molecule has 0 atom stereocenters. The summed E-state index contributed by atoms with van der Waals surface area (Å²) in [7, 11) is 0. The van der Waals surface area contributed by atoms with Crippen LogP contribution in [0.4, 0.5) is 11.5 Å². The minimum absolute atomic E-state index is 0.0934. The molecule has 0 amide bonds. The van der Waals surface area contributed by atoms with Crippen molar-refractivity contribution >= 4 is 11.5 Å². The van der Waals surface area contributed by atoms with E-state index in [1.165, 1.54) is 18.9 Å². The molecule has 0 aliphatic carbocycles. The topological polar surface area (TPSA) is 59.3 Å². The number of anilines is 1. The normalized spacial score (nSPS) is 14.5. The zero-order valence-corrected chi connectivity index (χ0v) is 11.0. The zero-order chi connectivity index (χ0) is 13.9. The van der Waals surface area contributed by atoms with E-state index in [0.717, 1.165) is 30.2 Å². The predicted octanol–water partition coefficient (Wildman–Crippen LogP) is 3.26. The molecule has 1 aliphatic heterocycles. The molecule has 0 spiro atoms. The van der Waals surface area contributed by atoms with Crippen molar-refractivity contribution in [2.24, 2.45) is 0 Å². The average molecular weight is 269 g/mol. The Labute approximate surface area is 117 Å². The number of non-ortho nitro benzene ring substituents is 1. The highest BCUT2D eigenvalue weighted by atomic mass is 16.6. The van der Waals surface area contributed by atoms with Gasteiger partial charge in [-0.3, -0.25) is 10.1 Å². The monoisotopic (exact) mass is 269 g/mol. The molecule has 0 bridgehead atoms. The van der Waals surface area contributed by atoms with Crippen LogP contribution in [0.5, 0.6) is 0 Å². The number of hydrogen-bond acceptors (Lipinski definition) is 4. The fraction of sp³-hybridized carbons (Fsp3) is 0.267. The van der Waals surface area contributed by atoms with Gasteiger partial charge in [-0.15, -0.1) is 0 Å². The minimum atomic E-state index is -0.381. The number of nitro groups is 1. The highest BCUT2D eigenvalue weighted by Crippen LogP contribution is 2.25. The lowest BCUT2D eigenvalue weighted by molar-refractivity contribution is -0.384. The highest BCUT2D eigenvalue weighted by molar-refractivity contribution is 5.64. The maximum absolute atomic E-state index is 10.8. The minimum Gasteiger partial charge on any atom is -0.357 e. The summed E-state index contributed by atoms with van der Waals surface area (Å²) >= 11 is 0. The van der Waals surface area contributed by atoms with Gasteiger partial charge in [0.25, 0.3) is 5.69 Å². The number of benzene rings is 1. The summed E-state index contributed by atoms with van der Waals surface area (Å²) in [5.74, 6) is 0.950. The van der Waals surface area contributed by atoms with Crippen LogP contribution in [0.25, 0.3) is 11.3 Å². The van der Waals surface area contributed by atoms with Crippen LogP contribution in [0.3, 0.4) is 0 Å². The van der Waals surface area contributed by atoms with Gasteiger partial charge in [-0.25, -0.2) is 4.98 Å². The van der Waals surface area contributed by atoms with Gasteiger partial charge in [0.15, 0.2) is 0 Å². The summed E-state index contributed by atoms with van der Waals surface area (Å²) < 4.78 is 0. The molecule has 1 fully saturated rings. The molecule has 0 saturated carbocycles. The average Bonchev–Trinajstić information content (AvgIpc) is 3.02. The van der Waals surface area contributed by atoms with Crippen LogP contribution >= 0.6 is 0 Å². The summed E-state index contributed by atoms with van der Waals surface area (Å²) in [6, 6.07) is 12.4. The standard InChI is InChI=1S/C15H15N3O2/c19-18(20)13-6-3-5-12(11-13)14-7-4-8-15(16-14)17-9-1-2-10-17/h3-8,11H,1-2,9-10H2. The fourth-order valence-electron chi connectivity index (χ4n) is 2.49. The Hall–Kier alpha value is -2.43. The summed E-state index contributed by atoms with van der Waals surface area (Å²) in [6.07, 6.45) is 2.39. The Morgan fingerprint density at radius 1 is 1.10 bits per heavy atom. The quantitative estimate of drug-likeness (QED) is 0.634. The van der Waals surface area contributed by atoms with Crippen LogP contribution in [0, 0.1) is 10.1 Å². The van der Waals surface area contributed by atoms with E-state index in [9.17, 15) is 10.1 Å². The van der Waals surface area contributed by atoms with E-state index in [4.69, 9.17) is 0 Å². The SMILES string of the molecule is O=[N+]([O-])c1cccc(-c2cccc(N3CCCC3)n2)c1. The Morgan fingerprint density at radius 3 is 2.60 bits per heavy atom. The first-order valence-electron chi connectivity index (χ1n) is 6.71. The molecule has 2 heterocycles. The Balaban J connectivity index is 1.95. The molecule has 2 aromatic rings. The molecule has 5 heteroatoms. The molecular formula is C15H15N3O2. The molecule has 0 unspecified atom stereocenters. The van der Waals surface area contributed by atoms with Crippen LogP contribution in [0.2, 0.25) is 0 Å². The number of nitrogens with zero attached hydrogens (tertiary/aromatic N) is 3. The van der Waals surface area contributed by atoms with Crippen molar-refractivity contribution in [3.05, 3.63) is 52.6 Å². The zero-order valence-electron chi connectivity index (χ0n) is 11.0. The third-order valence-electron chi connectivity index (χ3n) is 3.52. The molecule has 102 valence electrons. The molecule has 5 nitrogen and oxygen atoms in total. The summed E-state index contributed by atoms with van der Waals surface area (Å²) in [4.78, 5) is 17.3. The largest absolute Gasteiger partial charge is 0.357 e. The van der Waals surface area contributed by atoms with Crippen molar-refractivity contribution in [1.82, 2.24) is 4.98 Å². The lowest BCUT2D eigenvalue weighted by Gasteiger charge is -2.16. The van der Waals surface area contributed by atoms with Crippen molar-refractivity contribution in [1.29, 1.82) is 0 Å². The molecule has 1 aliphatic rings. The van der Waals surface area contributed by atoms with E-state index in [1.54, 1.807) is 12.1 Å². The summed E-state index contributed by atoms with van der Waals surface area (Å²) in [5, 5.41) is 10.8. The van der Waals surface area contributed by atoms with Gasteiger partial charge in [0.1, 0.15) is 5.82 Å². The van der Waals surface area contributed by atoms with Crippen molar-refractivity contribution in [2.45, 2.75) is 12.8 Å². The lowest BCUT2D eigenvalue weighted by atomic mass is 10.1. The number of aromatic nitrogens is 1. The Morgan fingerprint density at radius 2 is 1.85 bits per heavy atom. The second-order valence-corrected chi connectivity index (χ2v) is 4.88. The van der Waals surface area contributed by atoms with Gasteiger partial charge in [-0.1, -0.05) is 18.2 Å². The van der Waals surface area contributed by atoms with Crippen LogP contribution in [-0.4, -0.2) is 23.0 Å². The maximum atomic E-state index is 10.8. The van der Waals surface area contributed by atoms with E-state index < -0.39 is 0 Å². The molecule has 0 N–H and O–H groups in total. The third kappa shape index (κ3) is 2.47. The first-order chi connectivity index (χ1) is 9.74. The van der Waals surface area contributed by atoms with Crippen LogP contribution in [-0.2, 0) is 0 Å². The molecule has 1 aromatic heterocycles. The smallest absolute Gasteiger partial charge is 0.270 e. The van der Waals surface area contributed by atoms with E-state index in [0.29, 0.717) is 0 Å². The summed E-state index contributed by atoms with van der Waals surface area (Å²) in [5.41, 5.74) is 1.65. The lowest BCUT2D eigenvalue weighted by Crippen LogP contribution is -2.18. The molecule has 3 rings (SSSR count). The van der Waals surface area contributed by atoms with E-state index in [1.807, 2.05) is 24.3 Å². The van der Waals surface area contributed by atoms with Gasteiger partial charge in [-0.05, 0) is 25.0 Å². The number of nitro benzene ring substituents is 1. The molecule has 1 aromatic carbocycles. The van der Waals surface area contributed by atoms with Crippen LogP contribution < -0.4 is 4.90 Å². The second-order valence-electron chi connectivity index (χ2n) is 4.88. The van der Waals surface area contributed by atoms with E-state index in [-0.39, 0.29) is 10.6 Å². The first-order valence-corrected chi connectivity index (χ1v) is 6.71. The van der Waals surface area contributed by atoms with Gasteiger partial charge in [0, 0.05) is 30.8 Å². The maximum Gasteiger partial charge on any atom is 0.270 e. The van der Waals surface area contributed by atoms with Gasteiger partial charge in [-0.2, -0.15) is 0 Å². The van der Waals surface area contributed by atoms with Gasteiger partial charge >= 0.3 is 0 Å². The number of pyridine rings is 1. The first kappa shape index (κ1) is 12.6. The van der Waals surface area contributed by atoms with Crippen molar-refractivity contribution < 1.29 is 4.92 Å². The predicted molar refractivity (Wildman–Crippen MR) is 77.8 cm³/mol. The molecular weight excluding hydrogens is 254 g/mol. The Kier molecular flexibility index (Phi) is 3.33. The van der Waals surface area contributed by atoms with Crippen molar-refractivity contribution in [3.8, 4) is 11.3 Å². The van der Waals surface area contributed by atoms with Crippen LogP contribution in [0.1, 0.15) is 12.8 Å². The Bertz CT molecular complexity index is 637. The fourth-order valence-corrected chi connectivity index (χ4v) is 2.49. The second kappa shape index (κ2) is 5.28. The third-order valence-corrected chi connectivity index (χ3v) is 3.52. The van der Waals surface area contributed by atoms with E-state index >= 15 is 0 Å². The highest BCUT2D eigenvalue weighted by Gasteiger charge is 2.14. The van der Waals surface area contributed by atoms with Crippen LogP contribution in [0.15, 0.2) is 42.5 Å². The molecule has 0 radical (unpaired) electrons. The van der Waals surface area contributed by atoms with E-state index in [2.05, 4.69) is 9.88 Å². The van der Waals surface area contributed by atoms with Crippen molar-refractivity contribution in [3.63, 3.8) is 0 Å². The van der Waals surface area contributed by atoms with Gasteiger partial charge in [0.05, 0.1) is 10.6 Å².